The monoisotopic (exact) mass is 304 g/mol. The molecule has 1 atom stereocenters. The lowest BCUT2D eigenvalue weighted by Gasteiger charge is -2.26. The van der Waals surface area contributed by atoms with Crippen molar-refractivity contribution >= 4 is 16.6 Å². The molecule has 0 radical (unpaired) electrons. The SMILES string of the molecule is Cc1ccc(OC2CC(=O)c3cc4ccccc4cc3O2)cc1. The molecule has 3 aromatic carbocycles. The van der Waals surface area contributed by atoms with Crippen LogP contribution in [0.2, 0.25) is 0 Å². The van der Waals surface area contributed by atoms with Crippen LogP contribution in [0.4, 0.5) is 0 Å². The first kappa shape index (κ1) is 13.8. The van der Waals surface area contributed by atoms with Crippen molar-refractivity contribution in [1.82, 2.24) is 0 Å². The fraction of sp³-hybridized carbons (Fsp3) is 0.150. The lowest BCUT2D eigenvalue weighted by molar-refractivity contribution is -0.00453. The Morgan fingerprint density at radius 2 is 1.70 bits per heavy atom. The van der Waals surface area contributed by atoms with E-state index in [0.29, 0.717) is 17.1 Å². The lowest BCUT2D eigenvalue weighted by atomic mass is 9.99. The second kappa shape index (κ2) is 5.43. The summed E-state index contributed by atoms with van der Waals surface area (Å²) in [4.78, 5) is 12.4. The van der Waals surface area contributed by atoms with Gasteiger partial charge in [0.05, 0.1) is 12.0 Å². The summed E-state index contributed by atoms with van der Waals surface area (Å²) < 4.78 is 11.7. The van der Waals surface area contributed by atoms with Gasteiger partial charge in [-0.15, -0.1) is 0 Å². The highest BCUT2D eigenvalue weighted by atomic mass is 16.7. The molecule has 1 unspecified atom stereocenters. The largest absolute Gasteiger partial charge is 0.454 e. The third-order valence-corrected chi connectivity index (χ3v) is 4.05. The Bertz CT molecular complexity index is 881. The Balaban J connectivity index is 1.64. The maximum Gasteiger partial charge on any atom is 0.248 e. The number of carbonyl (C=O) groups excluding carboxylic acids is 1. The van der Waals surface area contributed by atoms with Gasteiger partial charge in [0.15, 0.2) is 5.78 Å². The molecule has 0 saturated carbocycles. The predicted octanol–water partition coefficient (Wildman–Crippen LogP) is 4.52. The highest BCUT2D eigenvalue weighted by molar-refractivity contribution is 6.03. The second-order valence-corrected chi connectivity index (χ2v) is 5.80. The number of ether oxygens (including phenoxy) is 2. The molecule has 0 N–H and O–H groups in total. The average Bonchev–Trinajstić information content (AvgIpc) is 2.56. The van der Waals surface area contributed by atoms with Gasteiger partial charge < -0.3 is 9.47 Å². The van der Waals surface area contributed by atoms with Crippen LogP contribution in [0.5, 0.6) is 11.5 Å². The Morgan fingerprint density at radius 1 is 1.00 bits per heavy atom. The fourth-order valence-electron chi connectivity index (χ4n) is 2.81. The molecule has 0 spiro atoms. The summed E-state index contributed by atoms with van der Waals surface area (Å²) in [6.07, 6.45) is -0.363. The van der Waals surface area contributed by atoms with Crippen LogP contribution in [0, 0.1) is 6.92 Å². The molecule has 23 heavy (non-hydrogen) atoms. The first-order valence-corrected chi connectivity index (χ1v) is 7.65. The Kier molecular flexibility index (Phi) is 3.27. The molecule has 3 heteroatoms. The van der Waals surface area contributed by atoms with E-state index in [0.717, 1.165) is 16.3 Å². The highest BCUT2D eigenvalue weighted by Gasteiger charge is 2.28. The molecule has 4 rings (SSSR count). The molecule has 1 aliphatic heterocycles. The number of aryl methyl sites for hydroxylation is 1. The van der Waals surface area contributed by atoms with Gasteiger partial charge in [0.1, 0.15) is 11.5 Å². The Morgan fingerprint density at radius 3 is 2.43 bits per heavy atom. The van der Waals surface area contributed by atoms with Crippen molar-refractivity contribution in [3.05, 3.63) is 71.8 Å². The second-order valence-electron chi connectivity index (χ2n) is 5.80. The van der Waals surface area contributed by atoms with Gasteiger partial charge in [0.2, 0.25) is 6.29 Å². The standard InChI is InChI=1S/C20H16O3/c1-13-6-8-16(9-7-13)22-20-12-18(21)17-10-14-4-2-3-5-15(14)11-19(17)23-20/h2-11,20H,12H2,1H3. The molecular formula is C20H16O3. The molecular weight excluding hydrogens is 288 g/mol. The van der Waals surface area contributed by atoms with E-state index in [4.69, 9.17) is 9.47 Å². The molecule has 0 saturated heterocycles. The minimum Gasteiger partial charge on any atom is -0.454 e. The van der Waals surface area contributed by atoms with E-state index in [2.05, 4.69) is 0 Å². The molecule has 0 bridgehead atoms. The van der Waals surface area contributed by atoms with Crippen molar-refractivity contribution < 1.29 is 14.3 Å². The van der Waals surface area contributed by atoms with Gasteiger partial charge in [-0.1, -0.05) is 42.0 Å². The minimum atomic E-state index is -0.584. The third-order valence-electron chi connectivity index (χ3n) is 4.05. The molecule has 1 heterocycles. The van der Waals surface area contributed by atoms with E-state index < -0.39 is 6.29 Å². The lowest BCUT2D eigenvalue weighted by Crippen LogP contribution is -2.31. The van der Waals surface area contributed by atoms with E-state index >= 15 is 0 Å². The van der Waals surface area contributed by atoms with Crippen molar-refractivity contribution in [3.63, 3.8) is 0 Å². The summed E-state index contributed by atoms with van der Waals surface area (Å²) in [6.45, 7) is 2.02. The quantitative estimate of drug-likeness (QED) is 0.698. The van der Waals surface area contributed by atoms with Crippen molar-refractivity contribution in [1.29, 1.82) is 0 Å². The van der Waals surface area contributed by atoms with Crippen LogP contribution in [-0.2, 0) is 0 Å². The maximum absolute atomic E-state index is 12.4. The number of hydrogen-bond acceptors (Lipinski definition) is 3. The van der Waals surface area contributed by atoms with E-state index in [1.54, 1.807) is 0 Å². The molecule has 0 aliphatic carbocycles. The predicted molar refractivity (Wildman–Crippen MR) is 89.1 cm³/mol. The zero-order valence-corrected chi connectivity index (χ0v) is 12.8. The number of fused-ring (bicyclic) bond motifs is 2. The number of Topliss-reactive ketones (excluding diaryl/α,β-unsaturated/α-hetero) is 1. The first-order chi connectivity index (χ1) is 11.2. The van der Waals surface area contributed by atoms with Gasteiger partial charge in [0, 0.05) is 0 Å². The fourth-order valence-corrected chi connectivity index (χ4v) is 2.81. The molecule has 114 valence electrons. The van der Waals surface area contributed by atoms with E-state index in [-0.39, 0.29) is 12.2 Å². The molecule has 3 nitrogen and oxygen atoms in total. The van der Waals surface area contributed by atoms with Crippen LogP contribution in [0.1, 0.15) is 22.3 Å². The highest BCUT2D eigenvalue weighted by Crippen LogP contribution is 2.32. The zero-order chi connectivity index (χ0) is 15.8. The van der Waals surface area contributed by atoms with Crippen LogP contribution in [0.3, 0.4) is 0 Å². The summed E-state index contributed by atoms with van der Waals surface area (Å²) in [7, 11) is 0. The van der Waals surface area contributed by atoms with Crippen molar-refractivity contribution in [2.45, 2.75) is 19.6 Å². The zero-order valence-electron chi connectivity index (χ0n) is 12.8. The summed E-state index contributed by atoms with van der Waals surface area (Å²) in [5.74, 6) is 1.35. The summed E-state index contributed by atoms with van der Waals surface area (Å²) in [5, 5.41) is 2.09. The van der Waals surface area contributed by atoms with Gasteiger partial charge in [-0.3, -0.25) is 4.79 Å². The van der Waals surface area contributed by atoms with Gasteiger partial charge >= 0.3 is 0 Å². The van der Waals surface area contributed by atoms with Gasteiger partial charge in [-0.2, -0.15) is 0 Å². The number of rotatable bonds is 2. The van der Waals surface area contributed by atoms with E-state index in [1.807, 2.05) is 67.6 Å². The number of carbonyl (C=O) groups is 1. The number of ketones is 1. The molecule has 0 amide bonds. The number of hydrogen-bond donors (Lipinski definition) is 0. The summed E-state index contributed by atoms with van der Waals surface area (Å²) >= 11 is 0. The van der Waals surface area contributed by atoms with Gasteiger partial charge in [0.25, 0.3) is 0 Å². The van der Waals surface area contributed by atoms with Gasteiger partial charge in [-0.25, -0.2) is 0 Å². The normalized spacial score (nSPS) is 16.7. The van der Waals surface area contributed by atoms with Crippen molar-refractivity contribution in [2.75, 3.05) is 0 Å². The topological polar surface area (TPSA) is 35.5 Å². The van der Waals surface area contributed by atoms with Crippen LogP contribution in [-0.4, -0.2) is 12.1 Å². The maximum atomic E-state index is 12.4. The minimum absolute atomic E-state index is 0.0501. The summed E-state index contributed by atoms with van der Waals surface area (Å²) in [6, 6.07) is 19.5. The molecule has 1 aliphatic rings. The Labute approximate surface area is 134 Å². The van der Waals surface area contributed by atoms with E-state index in [9.17, 15) is 4.79 Å². The van der Waals surface area contributed by atoms with Crippen molar-refractivity contribution in [2.24, 2.45) is 0 Å². The summed E-state index contributed by atoms with van der Waals surface area (Å²) in [5.41, 5.74) is 1.79. The first-order valence-electron chi connectivity index (χ1n) is 7.65. The van der Waals surface area contributed by atoms with Crippen molar-refractivity contribution in [3.8, 4) is 11.5 Å². The average molecular weight is 304 g/mol. The van der Waals surface area contributed by atoms with Crippen LogP contribution in [0.25, 0.3) is 10.8 Å². The van der Waals surface area contributed by atoms with Gasteiger partial charge in [-0.05, 0) is 42.0 Å². The third kappa shape index (κ3) is 2.66. The van der Waals surface area contributed by atoms with Crippen LogP contribution in [0.15, 0.2) is 60.7 Å². The molecule has 0 aromatic heterocycles. The van der Waals surface area contributed by atoms with Crippen LogP contribution >= 0.6 is 0 Å². The van der Waals surface area contributed by atoms with Crippen LogP contribution < -0.4 is 9.47 Å². The number of benzene rings is 3. The Hall–Kier alpha value is -2.81. The smallest absolute Gasteiger partial charge is 0.248 e. The molecule has 0 fully saturated rings. The molecule has 3 aromatic rings. The van der Waals surface area contributed by atoms with E-state index in [1.165, 1.54) is 0 Å².